The Morgan fingerprint density at radius 3 is 2.31 bits per heavy atom. The third kappa shape index (κ3) is 5.98. The average molecular weight is 396 g/mol. The predicted octanol–water partition coefficient (Wildman–Crippen LogP) is 2.94. The molecule has 0 radical (unpaired) electrons. The van der Waals surface area contributed by atoms with Gasteiger partial charge in [0.05, 0.1) is 13.0 Å². The lowest BCUT2D eigenvalue weighted by Crippen LogP contribution is -2.46. The van der Waals surface area contributed by atoms with Crippen molar-refractivity contribution >= 4 is 17.5 Å². The Balaban J connectivity index is 1.39. The number of carbonyl (C=O) groups excluding carboxylic acids is 2. The van der Waals surface area contributed by atoms with Crippen LogP contribution in [-0.2, 0) is 4.79 Å². The van der Waals surface area contributed by atoms with E-state index in [-0.39, 0.29) is 17.9 Å². The van der Waals surface area contributed by atoms with Gasteiger partial charge in [-0.2, -0.15) is 0 Å². The van der Waals surface area contributed by atoms with Crippen LogP contribution in [0.4, 0.5) is 5.69 Å². The van der Waals surface area contributed by atoms with Gasteiger partial charge in [0.1, 0.15) is 5.75 Å². The Kier molecular flexibility index (Phi) is 7.11. The summed E-state index contributed by atoms with van der Waals surface area (Å²) in [5.74, 6) is 0.821. The minimum atomic E-state index is -0.0589. The molecule has 0 bridgehead atoms. The van der Waals surface area contributed by atoms with Gasteiger partial charge in [-0.3, -0.25) is 9.59 Å². The second kappa shape index (κ2) is 9.96. The molecule has 3 rings (SSSR count). The summed E-state index contributed by atoms with van der Waals surface area (Å²) in [4.78, 5) is 28.7. The minimum absolute atomic E-state index is 0.0589. The maximum atomic E-state index is 12.5. The summed E-state index contributed by atoms with van der Waals surface area (Å²) in [6.45, 7) is 1.70. The molecule has 2 aromatic carbocycles. The summed E-state index contributed by atoms with van der Waals surface area (Å²) in [6, 6.07) is 17.2. The number of likely N-dealkylation sites (tertiary alicyclic amines) is 1. The number of amides is 2. The second-order valence-electron chi connectivity index (χ2n) is 7.48. The van der Waals surface area contributed by atoms with Crippen LogP contribution in [0.1, 0.15) is 29.6 Å². The Hall–Kier alpha value is -3.02. The number of hydrogen-bond donors (Lipinski definition) is 1. The van der Waals surface area contributed by atoms with E-state index in [2.05, 4.69) is 5.32 Å². The normalized spacial score (nSPS) is 14.3. The molecule has 1 fully saturated rings. The van der Waals surface area contributed by atoms with E-state index in [1.54, 1.807) is 0 Å². The van der Waals surface area contributed by atoms with Crippen molar-refractivity contribution in [2.75, 3.05) is 38.7 Å². The number of piperidine rings is 1. The van der Waals surface area contributed by atoms with Crippen LogP contribution >= 0.6 is 0 Å². The molecule has 6 nitrogen and oxygen atoms in total. The van der Waals surface area contributed by atoms with Gasteiger partial charge in [-0.1, -0.05) is 18.2 Å². The molecule has 1 heterocycles. The summed E-state index contributed by atoms with van der Waals surface area (Å²) < 4.78 is 5.61. The Morgan fingerprint density at radius 2 is 1.69 bits per heavy atom. The number of rotatable bonds is 7. The zero-order valence-electron chi connectivity index (χ0n) is 17.1. The van der Waals surface area contributed by atoms with Gasteiger partial charge in [-0.05, 0) is 49.2 Å². The van der Waals surface area contributed by atoms with Gasteiger partial charge in [-0.15, -0.1) is 0 Å². The van der Waals surface area contributed by atoms with Crippen molar-refractivity contribution in [3.8, 4) is 5.75 Å². The number of carbonyl (C=O) groups is 2. The molecule has 0 saturated carbocycles. The lowest BCUT2D eigenvalue weighted by molar-refractivity contribution is -0.132. The third-order valence-electron chi connectivity index (χ3n) is 5.16. The minimum Gasteiger partial charge on any atom is -0.493 e. The smallest absolute Gasteiger partial charge is 0.251 e. The molecule has 0 unspecified atom stereocenters. The fourth-order valence-corrected chi connectivity index (χ4v) is 3.38. The zero-order valence-corrected chi connectivity index (χ0v) is 17.1. The van der Waals surface area contributed by atoms with Crippen LogP contribution in [0.15, 0.2) is 54.6 Å². The Morgan fingerprint density at radius 1 is 1.03 bits per heavy atom. The van der Waals surface area contributed by atoms with Crippen LogP contribution in [0.2, 0.25) is 0 Å². The first-order chi connectivity index (χ1) is 14.0. The van der Waals surface area contributed by atoms with Gasteiger partial charge >= 0.3 is 0 Å². The first-order valence-electron chi connectivity index (χ1n) is 10.1. The highest BCUT2D eigenvalue weighted by Gasteiger charge is 2.24. The van der Waals surface area contributed by atoms with Gasteiger partial charge in [0, 0.05) is 44.5 Å². The summed E-state index contributed by atoms with van der Waals surface area (Å²) in [7, 11) is 3.94. The molecule has 0 spiro atoms. The SMILES string of the molecule is CN(C)c1ccc(C(=O)NC2CCN(C(=O)CCOc3ccccc3)CC2)cc1. The molecule has 1 saturated heterocycles. The van der Waals surface area contributed by atoms with E-state index >= 15 is 0 Å². The number of nitrogens with zero attached hydrogens (tertiary/aromatic N) is 2. The molecule has 6 heteroatoms. The molecule has 2 aromatic rings. The monoisotopic (exact) mass is 395 g/mol. The van der Waals surface area contributed by atoms with Crippen LogP contribution in [0.5, 0.6) is 5.75 Å². The molecule has 29 heavy (non-hydrogen) atoms. The fraction of sp³-hybridized carbons (Fsp3) is 0.391. The van der Waals surface area contributed by atoms with E-state index in [4.69, 9.17) is 4.74 Å². The number of nitrogens with one attached hydrogen (secondary N) is 1. The van der Waals surface area contributed by atoms with Crippen molar-refractivity contribution in [1.29, 1.82) is 0 Å². The van der Waals surface area contributed by atoms with E-state index in [1.165, 1.54) is 0 Å². The first-order valence-corrected chi connectivity index (χ1v) is 10.1. The topological polar surface area (TPSA) is 61.9 Å². The highest BCUT2D eigenvalue weighted by molar-refractivity contribution is 5.94. The quantitative estimate of drug-likeness (QED) is 0.783. The zero-order chi connectivity index (χ0) is 20.6. The maximum Gasteiger partial charge on any atom is 0.251 e. The lowest BCUT2D eigenvalue weighted by atomic mass is 10.0. The number of anilines is 1. The van der Waals surface area contributed by atoms with Crippen molar-refractivity contribution < 1.29 is 14.3 Å². The second-order valence-corrected chi connectivity index (χ2v) is 7.48. The van der Waals surface area contributed by atoms with Gasteiger partial charge in [0.15, 0.2) is 0 Å². The molecule has 0 aliphatic carbocycles. The van der Waals surface area contributed by atoms with Crippen molar-refractivity contribution in [3.63, 3.8) is 0 Å². The van der Waals surface area contributed by atoms with Crippen LogP contribution < -0.4 is 15.0 Å². The van der Waals surface area contributed by atoms with Gasteiger partial charge < -0.3 is 19.9 Å². The Labute approximate surface area is 172 Å². The van der Waals surface area contributed by atoms with Crippen LogP contribution in [0, 0.1) is 0 Å². The molecule has 154 valence electrons. The summed E-state index contributed by atoms with van der Waals surface area (Å²) in [5.41, 5.74) is 1.72. The van der Waals surface area contributed by atoms with Crippen LogP contribution in [0.25, 0.3) is 0 Å². The molecule has 0 atom stereocenters. The fourth-order valence-electron chi connectivity index (χ4n) is 3.38. The number of benzene rings is 2. The first kappa shape index (κ1) is 20.7. The predicted molar refractivity (Wildman–Crippen MR) is 114 cm³/mol. The average Bonchev–Trinajstić information content (AvgIpc) is 2.75. The molecule has 0 aromatic heterocycles. The van der Waals surface area contributed by atoms with E-state index in [1.807, 2.05) is 78.5 Å². The van der Waals surface area contributed by atoms with Crippen LogP contribution in [0.3, 0.4) is 0 Å². The van der Waals surface area contributed by atoms with Gasteiger partial charge in [-0.25, -0.2) is 0 Å². The standard InChI is InChI=1S/C23H29N3O3/c1-25(2)20-10-8-18(9-11-20)23(28)24-19-12-15-26(16-13-19)22(27)14-17-29-21-6-4-3-5-7-21/h3-11,19H,12-17H2,1-2H3,(H,24,28). The van der Waals surface area contributed by atoms with Crippen molar-refractivity contribution in [3.05, 3.63) is 60.2 Å². The summed E-state index contributed by atoms with van der Waals surface area (Å²) >= 11 is 0. The molecule has 1 aliphatic heterocycles. The molecular formula is C23H29N3O3. The van der Waals surface area contributed by atoms with Crippen LogP contribution in [-0.4, -0.2) is 56.5 Å². The largest absolute Gasteiger partial charge is 0.493 e. The van der Waals surface area contributed by atoms with Crippen molar-refractivity contribution in [2.24, 2.45) is 0 Å². The lowest BCUT2D eigenvalue weighted by Gasteiger charge is -2.32. The molecule has 1 N–H and O–H groups in total. The molecular weight excluding hydrogens is 366 g/mol. The highest BCUT2D eigenvalue weighted by Crippen LogP contribution is 2.15. The van der Waals surface area contributed by atoms with E-state index in [9.17, 15) is 9.59 Å². The van der Waals surface area contributed by atoms with Gasteiger partial charge in [0.25, 0.3) is 5.91 Å². The van der Waals surface area contributed by atoms with E-state index in [0.717, 1.165) is 24.3 Å². The number of para-hydroxylation sites is 1. The van der Waals surface area contributed by atoms with E-state index in [0.29, 0.717) is 31.7 Å². The highest BCUT2D eigenvalue weighted by atomic mass is 16.5. The van der Waals surface area contributed by atoms with Gasteiger partial charge in [0.2, 0.25) is 5.91 Å². The van der Waals surface area contributed by atoms with E-state index < -0.39 is 0 Å². The summed E-state index contributed by atoms with van der Waals surface area (Å²) in [5, 5.41) is 3.09. The molecule has 1 aliphatic rings. The van der Waals surface area contributed by atoms with Crippen molar-refractivity contribution in [2.45, 2.75) is 25.3 Å². The van der Waals surface area contributed by atoms with Crippen molar-refractivity contribution in [1.82, 2.24) is 10.2 Å². The maximum absolute atomic E-state index is 12.5. The number of hydrogen-bond acceptors (Lipinski definition) is 4. The third-order valence-corrected chi connectivity index (χ3v) is 5.16. The molecule has 2 amide bonds. The number of ether oxygens (including phenoxy) is 1. The summed E-state index contributed by atoms with van der Waals surface area (Å²) in [6.07, 6.45) is 1.91. The Bertz CT molecular complexity index is 798.